The molecular weight excluding hydrogens is 621 g/mol. The molecule has 5 rings (SSSR count). The van der Waals surface area contributed by atoms with Crippen molar-refractivity contribution in [2.45, 2.75) is 9.79 Å². The first kappa shape index (κ1) is 29.9. The molecule has 1 aromatic heterocycles. The molecule has 5 aromatic rings. The maximum Gasteiger partial charge on any atom is 0.298 e. The molecule has 0 unspecified atom stereocenters. The molecule has 1 heterocycles. The number of hydrogen-bond donors (Lipinski definition) is 4. The van der Waals surface area contributed by atoms with Crippen LogP contribution >= 0.6 is 11.3 Å². The standard InChI is InChI=1S/C28H22N2O10S3/c1-39-25-19(5-3-7-23(25)42(33,34)35)27(31)29-15-9-11-17-18-12-10-16(14-22(18)41-21(17)13-15)30-28(32)20-6-4-8-24(26(20)40-2)43(36,37)38/h3-14H,1-2H3,(H,29,31)(H,30,32)(H,33,34,35)(H,36,37,38). The molecule has 0 aliphatic heterocycles. The van der Waals surface area contributed by atoms with Crippen LogP contribution in [0.5, 0.6) is 11.5 Å². The highest BCUT2D eigenvalue weighted by Crippen LogP contribution is 2.37. The summed E-state index contributed by atoms with van der Waals surface area (Å²) in [6.45, 7) is 0. The van der Waals surface area contributed by atoms with Crippen LogP contribution in [0.2, 0.25) is 0 Å². The number of thiophene rings is 1. The van der Waals surface area contributed by atoms with Gasteiger partial charge in [-0.2, -0.15) is 16.8 Å². The second-order valence-corrected chi connectivity index (χ2v) is 12.9. The van der Waals surface area contributed by atoms with E-state index in [1.165, 1.54) is 49.8 Å². The first-order chi connectivity index (χ1) is 20.3. The van der Waals surface area contributed by atoms with Gasteiger partial charge in [-0.25, -0.2) is 0 Å². The van der Waals surface area contributed by atoms with Gasteiger partial charge < -0.3 is 20.1 Å². The Hall–Kier alpha value is -4.54. The van der Waals surface area contributed by atoms with E-state index in [2.05, 4.69) is 10.6 Å². The largest absolute Gasteiger partial charge is 0.494 e. The molecule has 12 nitrogen and oxygen atoms in total. The van der Waals surface area contributed by atoms with Crippen LogP contribution in [0, 0.1) is 0 Å². The molecule has 0 radical (unpaired) electrons. The van der Waals surface area contributed by atoms with E-state index in [1.807, 2.05) is 0 Å². The summed E-state index contributed by atoms with van der Waals surface area (Å²) in [5, 5.41) is 7.18. The molecule has 43 heavy (non-hydrogen) atoms. The Bertz CT molecular complexity index is 2010. The summed E-state index contributed by atoms with van der Waals surface area (Å²) >= 11 is 1.39. The van der Waals surface area contributed by atoms with Crippen LogP contribution in [0.25, 0.3) is 20.2 Å². The molecular formula is C28H22N2O10S3. The van der Waals surface area contributed by atoms with Crippen LogP contribution in [0.4, 0.5) is 11.4 Å². The van der Waals surface area contributed by atoms with Crippen LogP contribution in [0.3, 0.4) is 0 Å². The van der Waals surface area contributed by atoms with E-state index < -0.39 is 41.8 Å². The summed E-state index contributed by atoms with van der Waals surface area (Å²) < 4.78 is 77.5. The fourth-order valence-electron chi connectivity index (χ4n) is 4.55. The Labute approximate surface area is 249 Å². The predicted molar refractivity (Wildman–Crippen MR) is 161 cm³/mol. The van der Waals surface area contributed by atoms with Gasteiger partial charge in [-0.15, -0.1) is 11.3 Å². The number of anilines is 2. The molecule has 0 aliphatic rings. The van der Waals surface area contributed by atoms with E-state index in [0.29, 0.717) is 11.4 Å². The van der Waals surface area contributed by atoms with Crippen LogP contribution in [-0.4, -0.2) is 52.0 Å². The lowest BCUT2D eigenvalue weighted by Gasteiger charge is -2.12. The van der Waals surface area contributed by atoms with Gasteiger partial charge in [0.1, 0.15) is 9.79 Å². The van der Waals surface area contributed by atoms with Crippen molar-refractivity contribution in [2.75, 3.05) is 24.9 Å². The first-order valence-electron chi connectivity index (χ1n) is 12.2. The van der Waals surface area contributed by atoms with Crippen molar-refractivity contribution in [3.8, 4) is 11.5 Å². The van der Waals surface area contributed by atoms with E-state index in [-0.39, 0.29) is 22.6 Å². The lowest BCUT2D eigenvalue weighted by molar-refractivity contribution is 0.101. The molecule has 0 bridgehead atoms. The van der Waals surface area contributed by atoms with Crippen molar-refractivity contribution in [1.82, 2.24) is 0 Å². The fraction of sp³-hybridized carbons (Fsp3) is 0.0714. The molecule has 0 saturated heterocycles. The van der Waals surface area contributed by atoms with Crippen LogP contribution in [0.1, 0.15) is 20.7 Å². The van der Waals surface area contributed by atoms with E-state index in [9.17, 15) is 35.5 Å². The number of carbonyl (C=O) groups is 2. The minimum atomic E-state index is -4.63. The number of rotatable bonds is 8. The highest BCUT2D eigenvalue weighted by atomic mass is 32.2. The molecule has 0 fully saturated rings. The van der Waals surface area contributed by atoms with Crippen molar-refractivity contribution < 1.29 is 45.0 Å². The molecule has 0 atom stereocenters. The second kappa shape index (κ2) is 11.3. The highest BCUT2D eigenvalue weighted by Gasteiger charge is 2.24. The van der Waals surface area contributed by atoms with Crippen molar-refractivity contribution in [1.29, 1.82) is 0 Å². The zero-order valence-corrected chi connectivity index (χ0v) is 24.8. The number of benzene rings is 4. The molecule has 0 aliphatic carbocycles. The van der Waals surface area contributed by atoms with Crippen molar-refractivity contribution in [3.05, 3.63) is 83.9 Å². The van der Waals surface area contributed by atoms with Gasteiger partial charge in [0, 0.05) is 31.5 Å². The minimum Gasteiger partial charge on any atom is -0.494 e. The van der Waals surface area contributed by atoms with Crippen LogP contribution < -0.4 is 20.1 Å². The van der Waals surface area contributed by atoms with Crippen molar-refractivity contribution in [3.63, 3.8) is 0 Å². The molecule has 4 aromatic carbocycles. The highest BCUT2D eigenvalue weighted by molar-refractivity contribution is 7.86. The van der Waals surface area contributed by atoms with E-state index in [0.717, 1.165) is 32.3 Å². The topological polar surface area (TPSA) is 185 Å². The molecule has 0 saturated carbocycles. The number of carbonyl (C=O) groups excluding carboxylic acids is 2. The van der Waals surface area contributed by atoms with Gasteiger partial charge in [0.25, 0.3) is 32.1 Å². The molecule has 0 spiro atoms. The van der Waals surface area contributed by atoms with Gasteiger partial charge >= 0.3 is 0 Å². The average molecular weight is 643 g/mol. The van der Waals surface area contributed by atoms with Gasteiger partial charge in [-0.3, -0.25) is 18.7 Å². The summed E-state index contributed by atoms with van der Waals surface area (Å²) in [6.07, 6.45) is 0. The maximum atomic E-state index is 13.0. The number of amides is 2. The van der Waals surface area contributed by atoms with Crippen molar-refractivity contribution in [2.24, 2.45) is 0 Å². The van der Waals surface area contributed by atoms with Crippen molar-refractivity contribution >= 4 is 74.9 Å². The third kappa shape index (κ3) is 5.89. The number of fused-ring (bicyclic) bond motifs is 3. The lowest BCUT2D eigenvalue weighted by Crippen LogP contribution is -2.15. The summed E-state index contributed by atoms with van der Waals surface area (Å²) in [7, 11) is -6.88. The zero-order chi connectivity index (χ0) is 31.1. The number of nitrogens with one attached hydrogen (secondary N) is 2. The minimum absolute atomic E-state index is 0.0896. The Morgan fingerprint density at radius 2 is 1.05 bits per heavy atom. The van der Waals surface area contributed by atoms with Gasteiger partial charge in [0.15, 0.2) is 11.5 Å². The van der Waals surface area contributed by atoms with Gasteiger partial charge in [0.2, 0.25) is 0 Å². The monoisotopic (exact) mass is 642 g/mol. The van der Waals surface area contributed by atoms with Crippen LogP contribution in [0.15, 0.2) is 82.6 Å². The smallest absolute Gasteiger partial charge is 0.298 e. The normalized spacial score (nSPS) is 11.8. The first-order valence-corrected chi connectivity index (χ1v) is 15.9. The average Bonchev–Trinajstić information content (AvgIpc) is 3.32. The van der Waals surface area contributed by atoms with Crippen LogP contribution in [-0.2, 0) is 20.2 Å². The molecule has 4 N–H and O–H groups in total. The third-order valence-corrected chi connectivity index (χ3v) is 9.27. The quantitative estimate of drug-likeness (QED) is 0.167. The number of hydrogen-bond acceptors (Lipinski definition) is 9. The Balaban J connectivity index is 1.42. The van der Waals surface area contributed by atoms with E-state index in [1.54, 1.807) is 36.4 Å². The Kier molecular flexibility index (Phi) is 7.85. The summed E-state index contributed by atoms with van der Waals surface area (Å²) in [6, 6.07) is 18.0. The molecule has 222 valence electrons. The summed E-state index contributed by atoms with van der Waals surface area (Å²) in [4.78, 5) is 24.9. The molecule has 2 amide bonds. The Morgan fingerprint density at radius 3 is 1.40 bits per heavy atom. The van der Waals surface area contributed by atoms with E-state index in [4.69, 9.17) is 9.47 Å². The molecule has 15 heteroatoms. The zero-order valence-electron chi connectivity index (χ0n) is 22.3. The van der Waals surface area contributed by atoms with Gasteiger partial charge in [-0.05, 0) is 48.5 Å². The second-order valence-electron chi connectivity index (χ2n) is 9.06. The van der Waals surface area contributed by atoms with Gasteiger partial charge in [-0.1, -0.05) is 24.3 Å². The predicted octanol–water partition coefficient (Wildman–Crippen LogP) is 5.07. The van der Waals surface area contributed by atoms with Gasteiger partial charge in [0.05, 0.1) is 25.3 Å². The maximum absolute atomic E-state index is 13.0. The Morgan fingerprint density at radius 1 is 0.651 bits per heavy atom. The number of ether oxygens (including phenoxy) is 2. The SMILES string of the molecule is COc1c(C(=O)Nc2ccc3c(c2)sc2cc(NC(=O)c4cccc(S(=O)(=O)O)c4OC)ccc23)cccc1S(=O)(=O)O. The lowest BCUT2D eigenvalue weighted by atomic mass is 10.1. The summed E-state index contributed by atoms with van der Waals surface area (Å²) in [5.41, 5.74) is 0.659. The fourth-order valence-corrected chi connectivity index (χ4v) is 7.09. The summed E-state index contributed by atoms with van der Waals surface area (Å²) in [5.74, 6) is -1.88. The van der Waals surface area contributed by atoms with E-state index >= 15 is 0 Å². The number of para-hydroxylation sites is 2. The number of methoxy groups -OCH3 is 2. The third-order valence-electron chi connectivity index (χ3n) is 6.40.